The molecule has 0 saturated carbocycles. The van der Waals surface area contributed by atoms with E-state index in [9.17, 15) is 9.59 Å². The normalized spacial score (nSPS) is 10.0. The Labute approximate surface area is 80.4 Å². The van der Waals surface area contributed by atoms with Gasteiger partial charge in [0.15, 0.2) is 11.6 Å². The Morgan fingerprint density at radius 3 is 2.93 bits per heavy atom. The van der Waals surface area contributed by atoms with E-state index in [0.29, 0.717) is 12.4 Å². The van der Waals surface area contributed by atoms with Gasteiger partial charge in [-0.25, -0.2) is 4.98 Å². The van der Waals surface area contributed by atoms with Crippen molar-refractivity contribution in [2.75, 3.05) is 13.1 Å². The first kappa shape index (κ1) is 10.4. The van der Waals surface area contributed by atoms with E-state index in [-0.39, 0.29) is 18.7 Å². The molecule has 6 nitrogen and oxygen atoms in total. The Balaban J connectivity index is 2.19. The molecule has 0 spiro atoms. The van der Waals surface area contributed by atoms with Crippen molar-refractivity contribution in [2.45, 2.75) is 6.42 Å². The minimum atomic E-state index is -0.935. The number of aliphatic carboxylic acids is 1. The number of ketones is 1. The molecule has 1 heterocycles. The van der Waals surface area contributed by atoms with Crippen molar-refractivity contribution in [2.24, 2.45) is 0 Å². The number of aromatic amines is 1. The maximum Gasteiger partial charge on any atom is 0.317 e. The van der Waals surface area contributed by atoms with Gasteiger partial charge in [-0.05, 0) is 0 Å². The second kappa shape index (κ2) is 5.13. The molecule has 0 saturated heterocycles. The molecule has 6 heteroatoms. The molecule has 0 aromatic carbocycles. The summed E-state index contributed by atoms with van der Waals surface area (Å²) in [6, 6.07) is 0. The molecule has 1 rings (SSSR count). The van der Waals surface area contributed by atoms with E-state index >= 15 is 0 Å². The quantitative estimate of drug-likeness (QED) is 0.428. The lowest BCUT2D eigenvalue weighted by Gasteiger charge is -1.98. The second-order valence-corrected chi connectivity index (χ2v) is 2.68. The van der Waals surface area contributed by atoms with Gasteiger partial charge >= 0.3 is 5.97 Å². The minimum Gasteiger partial charge on any atom is -0.480 e. The summed E-state index contributed by atoms with van der Waals surface area (Å²) >= 11 is 0. The van der Waals surface area contributed by atoms with Gasteiger partial charge < -0.3 is 15.4 Å². The van der Waals surface area contributed by atoms with Gasteiger partial charge in [-0.15, -0.1) is 0 Å². The summed E-state index contributed by atoms with van der Waals surface area (Å²) in [4.78, 5) is 27.8. The number of H-pyrrole nitrogens is 1. The highest BCUT2D eigenvalue weighted by Gasteiger charge is 2.07. The largest absolute Gasteiger partial charge is 0.480 e. The molecule has 76 valence electrons. The van der Waals surface area contributed by atoms with Crippen molar-refractivity contribution in [1.29, 1.82) is 0 Å². The summed E-state index contributed by atoms with van der Waals surface area (Å²) < 4.78 is 0. The van der Waals surface area contributed by atoms with Gasteiger partial charge in [-0.3, -0.25) is 9.59 Å². The van der Waals surface area contributed by atoms with Crippen LogP contribution in [0.15, 0.2) is 12.4 Å². The van der Waals surface area contributed by atoms with Crippen LogP contribution in [0, 0.1) is 0 Å². The van der Waals surface area contributed by atoms with Crippen molar-refractivity contribution < 1.29 is 14.7 Å². The van der Waals surface area contributed by atoms with Crippen LogP contribution < -0.4 is 5.32 Å². The monoisotopic (exact) mass is 197 g/mol. The summed E-state index contributed by atoms with van der Waals surface area (Å²) in [6.45, 7) is 0.206. The van der Waals surface area contributed by atoms with Crippen molar-refractivity contribution in [1.82, 2.24) is 15.3 Å². The Morgan fingerprint density at radius 1 is 1.57 bits per heavy atom. The molecule has 0 radical (unpaired) electrons. The third-order valence-electron chi connectivity index (χ3n) is 1.57. The van der Waals surface area contributed by atoms with Gasteiger partial charge in [0, 0.05) is 25.4 Å². The van der Waals surface area contributed by atoms with E-state index < -0.39 is 5.97 Å². The average molecular weight is 197 g/mol. The number of carbonyl (C=O) groups excluding carboxylic acids is 1. The zero-order chi connectivity index (χ0) is 10.4. The summed E-state index contributed by atoms with van der Waals surface area (Å²) in [6.07, 6.45) is 3.30. The molecule has 1 aromatic heterocycles. The number of nitrogens with one attached hydrogen (secondary N) is 2. The summed E-state index contributed by atoms with van der Waals surface area (Å²) in [7, 11) is 0. The zero-order valence-electron chi connectivity index (χ0n) is 7.49. The molecule has 0 amide bonds. The number of nitrogens with zero attached hydrogens (tertiary/aromatic N) is 1. The summed E-state index contributed by atoms with van der Waals surface area (Å²) in [5.74, 6) is -0.759. The van der Waals surface area contributed by atoms with Gasteiger partial charge in [0.25, 0.3) is 0 Å². The topological polar surface area (TPSA) is 95.1 Å². The molecular weight excluding hydrogens is 186 g/mol. The fraction of sp³-hybridized carbons (Fsp3) is 0.375. The Bertz CT molecular complexity index is 308. The summed E-state index contributed by atoms with van der Waals surface area (Å²) in [5.41, 5.74) is 0. The predicted octanol–water partition coefficient (Wildman–Crippen LogP) is -0.343. The Hall–Kier alpha value is -1.69. The van der Waals surface area contributed by atoms with Gasteiger partial charge in [0.05, 0.1) is 6.54 Å². The number of rotatable bonds is 6. The van der Waals surface area contributed by atoms with Gasteiger partial charge in [-0.1, -0.05) is 0 Å². The van der Waals surface area contributed by atoms with E-state index in [0.717, 1.165) is 0 Å². The number of carbonyl (C=O) groups is 2. The van der Waals surface area contributed by atoms with Crippen LogP contribution in [-0.4, -0.2) is 39.9 Å². The fourth-order valence-corrected chi connectivity index (χ4v) is 0.933. The molecular formula is C8H11N3O3. The van der Waals surface area contributed by atoms with E-state index in [4.69, 9.17) is 5.11 Å². The standard InChI is InChI=1S/C8H11N3O3/c12-6(8-10-3-4-11-8)1-2-9-5-7(13)14/h3-4,9H,1-2,5H2,(H,10,11)(H,13,14). The molecule has 1 aromatic rings. The van der Waals surface area contributed by atoms with Crippen molar-refractivity contribution in [3.05, 3.63) is 18.2 Å². The highest BCUT2D eigenvalue weighted by Crippen LogP contribution is 1.93. The second-order valence-electron chi connectivity index (χ2n) is 2.68. The van der Waals surface area contributed by atoms with Crippen LogP contribution in [0.2, 0.25) is 0 Å². The first-order valence-electron chi connectivity index (χ1n) is 4.15. The number of hydrogen-bond acceptors (Lipinski definition) is 4. The molecule has 0 fully saturated rings. The number of carboxylic acid groups (broad SMARTS) is 1. The van der Waals surface area contributed by atoms with Crippen LogP contribution in [0.25, 0.3) is 0 Å². The molecule has 0 unspecified atom stereocenters. The van der Waals surface area contributed by atoms with Crippen molar-refractivity contribution in [3.8, 4) is 0 Å². The third kappa shape index (κ3) is 3.36. The average Bonchev–Trinajstić information content (AvgIpc) is 2.64. The minimum absolute atomic E-state index is 0.132. The number of carboxylic acids is 1. The van der Waals surface area contributed by atoms with Crippen LogP contribution in [0.3, 0.4) is 0 Å². The molecule has 0 aliphatic heterocycles. The molecule has 0 bridgehead atoms. The molecule has 0 aliphatic carbocycles. The van der Waals surface area contributed by atoms with Gasteiger partial charge in [-0.2, -0.15) is 0 Å². The van der Waals surface area contributed by atoms with E-state index in [1.807, 2.05) is 0 Å². The molecule has 3 N–H and O–H groups in total. The van der Waals surface area contributed by atoms with Crippen molar-refractivity contribution >= 4 is 11.8 Å². The maximum absolute atomic E-state index is 11.3. The summed E-state index contributed by atoms with van der Waals surface area (Å²) in [5, 5.41) is 10.9. The van der Waals surface area contributed by atoms with Crippen LogP contribution in [0.5, 0.6) is 0 Å². The van der Waals surface area contributed by atoms with Gasteiger partial charge in [0.2, 0.25) is 0 Å². The highest BCUT2D eigenvalue weighted by molar-refractivity contribution is 5.92. The predicted molar refractivity (Wildman–Crippen MR) is 48.0 cm³/mol. The third-order valence-corrected chi connectivity index (χ3v) is 1.57. The number of Topliss-reactive ketones (excluding diaryl/α,β-unsaturated/α-hetero) is 1. The lowest BCUT2D eigenvalue weighted by atomic mass is 10.3. The molecule has 0 aliphatic rings. The SMILES string of the molecule is O=C(O)CNCCC(=O)c1ncc[nH]1. The lowest BCUT2D eigenvalue weighted by Crippen LogP contribution is -2.25. The lowest BCUT2D eigenvalue weighted by molar-refractivity contribution is -0.135. The van der Waals surface area contributed by atoms with Crippen LogP contribution in [-0.2, 0) is 4.79 Å². The first-order valence-corrected chi connectivity index (χ1v) is 4.15. The fourth-order valence-electron chi connectivity index (χ4n) is 0.933. The Morgan fingerprint density at radius 2 is 2.36 bits per heavy atom. The first-order chi connectivity index (χ1) is 6.70. The number of aromatic nitrogens is 2. The van der Waals surface area contributed by atoms with Crippen molar-refractivity contribution in [3.63, 3.8) is 0 Å². The number of hydrogen-bond donors (Lipinski definition) is 3. The van der Waals surface area contributed by atoms with Crippen LogP contribution in [0.4, 0.5) is 0 Å². The maximum atomic E-state index is 11.3. The zero-order valence-corrected chi connectivity index (χ0v) is 7.49. The smallest absolute Gasteiger partial charge is 0.317 e. The number of imidazole rings is 1. The molecule has 0 atom stereocenters. The van der Waals surface area contributed by atoms with Crippen LogP contribution in [0.1, 0.15) is 17.0 Å². The molecule has 14 heavy (non-hydrogen) atoms. The van der Waals surface area contributed by atoms with E-state index in [1.54, 1.807) is 6.20 Å². The Kier molecular flexibility index (Phi) is 3.81. The van der Waals surface area contributed by atoms with Gasteiger partial charge in [0.1, 0.15) is 0 Å². The highest BCUT2D eigenvalue weighted by atomic mass is 16.4. The van der Waals surface area contributed by atoms with E-state index in [2.05, 4.69) is 15.3 Å². The van der Waals surface area contributed by atoms with E-state index in [1.165, 1.54) is 6.20 Å². The van der Waals surface area contributed by atoms with Crippen LogP contribution >= 0.6 is 0 Å².